The Labute approximate surface area is 109 Å². The summed E-state index contributed by atoms with van der Waals surface area (Å²) in [5, 5.41) is -0.227. The molecular formula is C7H4ClF6N2O2S+. The van der Waals surface area contributed by atoms with E-state index < -0.39 is 33.6 Å². The largest absolute Gasteiger partial charge is 0.590 e. The van der Waals surface area contributed by atoms with E-state index in [0.29, 0.717) is 12.3 Å². The minimum Gasteiger partial charge on any atom is -0.260 e. The van der Waals surface area contributed by atoms with Gasteiger partial charge in [0.05, 0.1) is 11.2 Å². The summed E-state index contributed by atoms with van der Waals surface area (Å²) in [6.45, 7) is 0. The molecule has 1 unspecified atom stereocenters. The van der Waals surface area contributed by atoms with Crippen LogP contribution in [-0.4, -0.2) is 26.3 Å². The number of quaternary nitrogens is 1. The van der Waals surface area contributed by atoms with Crippen molar-refractivity contribution in [1.29, 1.82) is 0 Å². The van der Waals surface area contributed by atoms with Crippen molar-refractivity contribution in [1.82, 2.24) is 8.87 Å². The quantitative estimate of drug-likeness (QED) is 0.392. The van der Waals surface area contributed by atoms with Gasteiger partial charge in [-0.15, -0.1) is 26.3 Å². The van der Waals surface area contributed by atoms with E-state index in [9.17, 15) is 30.6 Å². The number of aromatic nitrogens is 1. The first-order valence-electron chi connectivity index (χ1n) is 4.21. The lowest BCUT2D eigenvalue weighted by atomic mass is 10.4. The van der Waals surface area contributed by atoms with Crippen molar-refractivity contribution in [2.45, 2.75) is 12.6 Å². The van der Waals surface area contributed by atoms with Gasteiger partial charge in [-0.3, -0.25) is 4.55 Å². The summed E-state index contributed by atoms with van der Waals surface area (Å²) in [6.07, 6.45) is -11.7. The minimum atomic E-state index is -6.13. The summed E-state index contributed by atoms with van der Waals surface area (Å²) in [7, 11) is 0. The number of pyridine rings is 1. The van der Waals surface area contributed by atoms with Crippen molar-refractivity contribution in [2.75, 3.05) is 0 Å². The third kappa shape index (κ3) is 2.55. The van der Waals surface area contributed by atoms with Crippen molar-refractivity contribution in [3.05, 3.63) is 23.4 Å². The van der Waals surface area contributed by atoms with E-state index in [1.165, 1.54) is 0 Å². The van der Waals surface area contributed by atoms with E-state index >= 15 is 0 Å². The number of nitrogens with zero attached hydrogens (tertiary/aromatic N) is 2. The van der Waals surface area contributed by atoms with Gasteiger partial charge in [0.2, 0.25) is 0 Å². The van der Waals surface area contributed by atoms with Gasteiger partial charge in [-0.05, 0) is 6.07 Å². The monoisotopic (exact) mass is 329 g/mol. The lowest BCUT2D eigenvalue weighted by molar-refractivity contribution is -0.327. The van der Waals surface area contributed by atoms with E-state index in [0.717, 1.165) is 0 Å². The number of hydrogen-bond donors (Lipinski definition) is 1. The zero-order valence-corrected chi connectivity index (χ0v) is 10.1. The number of alkyl halides is 6. The Kier molecular flexibility index (Phi) is 4.15. The topological polar surface area (TPSA) is 50.2 Å². The van der Waals surface area contributed by atoms with Crippen LogP contribution in [0, 0.1) is 0 Å². The smallest absolute Gasteiger partial charge is 0.260 e. The lowest BCUT2D eigenvalue weighted by Gasteiger charge is -2.32. The fourth-order valence-corrected chi connectivity index (χ4v) is 1.95. The molecule has 4 nitrogen and oxygen atoms in total. The zero-order valence-electron chi connectivity index (χ0n) is 8.54. The molecule has 1 aromatic heterocycles. The molecule has 108 valence electrons. The molecule has 0 aliphatic carbocycles. The van der Waals surface area contributed by atoms with E-state index in [1.54, 1.807) is 0 Å². The second-order valence-corrected chi connectivity index (χ2v) is 4.56. The molecule has 1 N–H and O–H groups in total. The molecule has 1 rings (SSSR count). The van der Waals surface area contributed by atoms with Gasteiger partial charge in [-0.2, -0.15) is 4.21 Å². The van der Waals surface area contributed by atoms with Crippen LogP contribution in [0.2, 0.25) is 5.02 Å². The maximum Gasteiger partial charge on any atom is 0.590 e. The molecule has 0 radical (unpaired) electrons. The average Bonchev–Trinajstić information content (AvgIpc) is 2.16. The minimum absolute atomic E-state index is 0.227. The molecule has 1 heterocycles. The fourth-order valence-electron chi connectivity index (χ4n) is 1.21. The Bertz CT molecular complexity index is 474. The van der Waals surface area contributed by atoms with Gasteiger partial charge in [-0.1, -0.05) is 11.6 Å². The second-order valence-electron chi connectivity index (χ2n) is 3.11. The summed E-state index contributed by atoms with van der Waals surface area (Å²) in [5.41, 5.74) is 0. The van der Waals surface area contributed by atoms with Crippen molar-refractivity contribution in [3.8, 4) is 0 Å². The molecule has 0 saturated carbocycles. The van der Waals surface area contributed by atoms with Gasteiger partial charge >= 0.3 is 23.9 Å². The van der Waals surface area contributed by atoms with E-state index in [-0.39, 0.29) is 11.1 Å². The summed E-state index contributed by atoms with van der Waals surface area (Å²) in [5.74, 6) is -1.72. The van der Waals surface area contributed by atoms with Gasteiger partial charge < -0.3 is 0 Å². The third-order valence-corrected chi connectivity index (χ3v) is 3.28. The van der Waals surface area contributed by atoms with Gasteiger partial charge in [0.25, 0.3) is 5.82 Å². The molecular weight excluding hydrogens is 326 g/mol. The molecule has 0 amide bonds. The highest BCUT2D eigenvalue weighted by Crippen LogP contribution is 2.47. The highest BCUT2D eigenvalue weighted by Gasteiger charge is 2.79. The molecule has 1 aromatic rings. The zero-order chi connectivity index (χ0) is 15.1. The summed E-state index contributed by atoms with van der Waals surface area (Å²) >= 11 is 0.923. The normalized spacial score (nSPS) is 15.4. The first-order chi connectivity index (χ1) is 8.44. The molecule has 0 aromatic carbocycles. The molecule has 0 aliphatic rings. The standard InChI is InChI=1S/C7H3ClF6N2O2S/c8-4-1-2-5(15-3-4)16(19(17)18,6(9,10)11)7(12,13)14/h1-3H/p+1. The fraction of sp³-hybridized carbons (Fsp3) is 0.286. The van der Waals surface area contributed by atoms with Crippen LogP contribution in [0.1, 0.15) is 0 Å². The molecule has 0 fully saturated rings. The number of hydrogen-bond acceptors (Lipinski definition) is 2. The van der Waals surface area contributed by atoms with Crippen LogP contribution in [0.3, 0.4) is 0 Å². The Morgan fingerprint density at radius 3 is 1.89 bits per heavy atom. The van der Waals surface area contributed by atoms with Crippen LogP contribution in [-0.2, 0) is 11.3 Å². The van der Waals surface area contributed by atoms with Crippen molar-refractivity contribution in [2.24, 2.45) is 0 Å². The second kappa shape index (κ2) is 4.89. The van der Waals surface area contributed by atoms with Crippen LogP contribution in [0.5, 0.6) is 0 Å². The summed E-state index contributed by atoms with van der Waals surface area (Å²) in [4.78, 5) is 2.85. The number of halogens is 7. The van der Waals surface area contributed by atoms with Crippen molar-refractivity contribution >= 4 is 28.7 Å². The third-order valence-electron chi connectivity index (χ3n) is 1.98. The highest BCUT2D eigenvalue weighted by molar-refractivity contribution is 7.78. The van der Waals surface area contributed by atoms with Crippen LogP contribution in [0.15, 0.2) is 18.3 Å². The molecule has 0 spiro atoms. The Balaban J connectivity index is 3.68. The van der Waals surface area contributed by atoms with Crippen LogP contribution < -0.4 is 3.89 Å². The van der Waals surface area contributed by atoms with E-state index in [1.807, 2.05) is 0 Å². The Morgan fingerprint density at radius 2 is 1.63 bits per heavy atom. The first-order valence-corrected chi connectivity index (χ1v) is 5.65. The van der Waals surface area contributed by atoms with Gasteiger partial charge in [0, 0.05) is 9.95 Å². The maximum absolute atomic E-state index is 12.7. The van der Waals surface area contributed by atoms with Crippen molar-refractivity contribution in [3.63, 3.8) is 0 Å². The molecule has 12 heteroatoms. The molecule has 1 atom stereocenters. The van der Waals surface area contributed by atoms with E-state index in [4.69, 9.17) is 16.2 Å². The number of rotatable bonds is 2. The van der Waals surface area contributed by atoms with Gasteiger partial charge in [-0.25, -0.2) is 4.98 Å². The summed E-state index contributed by atoms with van der Waals surface area (Å²) < 4.78 is 91.6. The van der Waals surface area contributed by atoms with Crippen LogP contribution in [0.4, 0.5) is 32.2 Å². The van der Waals surface area contributed by atoms with Crippen LogP contribution in [0.25, 0.3) is 0 Å². The first kappa shape index (κ1) is 16.1. The maximum atomic E-state index is 12.7. The predicted octanol–water partition coefficient (Wildman–Crippen LogP) is 3.22. The average molecular weight is 330 g/mol. The van der Waals surface area contributed by atoms with E-state index in [2.05, 4.69) is 4.98 Å². The molecule has 0 aliphatic heterocycles. The van der Waals surface area contributed by atoms with Gasteiger partial charge in [0.1, 0.15) is 0 Å². The Hall–Kier alpha value is -0.910. The summed E-state index contributed by atoms with van der Waals surface area (Å²) in [6, 6.07) is 0.971. The lowest BCUT2D eigenvalue weighted by Crippen LogP contribution is -2.68. The predicted molar refractivity (Wildman–Crippen MR) is 53.9 cm³/mol. The molecule has 0 saturated heterocycles. The van der Waals surface area contributed by atoms with Crippen LogP contribution >= 0.6 is 11.6 Å². The Morgan fingerprint density at radius 1 is 1.16 bits per heavy atom. The highest BCUT2D eigenvalue weighted by atomic mass is 35.5. The molecule has 0 bridgehead atoms. The van der Waals surface area contributed by atoms with Gasteiger partial charge in [0.15, 0.2) is 0 Å². The van der Waals surface area contributed by atoms with Crippen molar-refractivity contribution < 1.29 is 35.1 Å². The SMILES string of the molecule is O=S(O)[N+](c1ccc(Cl)cn1)(C(F)(F)F)C(F)(F)F. The molecule has 19 heavy (non-hydrogen) atoms.